The van der Waals surface area contributed by atoms with Crippen LogP contribution in [0.2, 0.25) is 0 Å². The maximum atomic E-state index is 13.6. The first-order valence-electron chi connectivity index (χ1n) is 6.48. The first kappa shape index (κ1) is 16.3. The van der Waals surface area contributed by atoms with Gasteiger partial charge in [-0.1, -0.05) is 0 Å². The van der Waals surface area contributed by atoms with Crippen LogP contribution in [0.1, 0.15) is 25.3 Å². The molecule has 108 valence electrons. The number of likely N-dealkylation sites (tertiary alicyclic amines) is 1. The summed E-state index contributed by atoms with van der Waals surface area (Å²) in [5.41, 5.74) is 6.35. The highest BCUT2D eigenvalue weighted by atomic mass is 35.5. The van der Waals surface area contributed by atoms with E-state index in [9.17, 15) is 8.78 Å². The molecule has 2 nitrogen and oxygen atoms in total. The maximum absolute atomic E-state index is 13.6. The highest BCUT2D eigenvalue weighted by molar-refractivity contribution is 5.85. The Morgan fingerprint density at radius 3 is 2.84 bits per heavy atom. The number of hydrogen-bond donors (Lipinski definition) is 1. The lowest BCUT2D eigenvalue weighted by atomic mass is 9.92. The van der Waals surface area contributed by atoms with E-state index in [0.717, 1.165) is 32.0 Å². The second-order valence-corrected chi connectivity index (χ2v) is 5.23. The van der Waals surface area contributed by atoms with Crippen LogP contribution in [0.3, 0.4) is 0 Å². The Morgan fingerprint density at radius 2 is 2.16 bits per heavy atom. The van der Waals surface area contributed by atoms with E-state index in [1.807, 2.05) is 6.92 Å². The van der Waals surface area contributed by atoms with Crippen LogP contribution in [-0.2, 0) is 6.54 Å². The zero-order valence-electron chi connectivity index (χ0n) is 11.1. The summed E-state index contributed by atoms with van der Waals surface area (Å²) in [5.74, 6) is -0.262. The number of halogens is 3. The second-order valence-electron chi connectivity index (χ2n) is 5.23. The van der Waals surface area contributed by atoms with Crippen molar-refractivity contribution in [2.75, 3.05) is 13.1 Å². The monoisotopic (exact) mass is 290 g/mol. The standard InChI is InChI=1S/C14H20F2N2.ClH/c1-10(17)11-3-2-6-18(8-11)9-12-7-13(15)4-5-14(12)16;/h4-5,7,10-11H,2-3,6,8-9,17H2,1H3;1H. The van der Waals surface area contributed by atoms with Gasteiger partial charge in [0.1, 0.15) is 11.6 Å². The van der Waals surface area contributed by atoms with Gasteiger partial charge in [0.15, 0.2) is 0 Å². The molecular weight excluding hydrogens is 270 g/mol. The third kappa shape index (κ3) is 4.41. The minimum absolute atomic E-state index is 0. The fourth-order valence-corrected chi connectivity index (χ4v) is 2.57. The molecule has 0 aromatic heterocycles. The molecule has 1 saturated heterocycles. The summed E-state index contributed by atoms with van der Waals surface area (Å²) >= 11 is 0. The number of hydrogen-bond acceptors (Lipinski definition) is 2. The van der Waals surface area contributed by atoms with Gasteiger partial charge < -0.3 is 5.73 Å². The second kappa shape index (κ2) is 7.17. The predicted molar refractivity (Wildman–Crippen MR) is 75.3 cm³/mol. The van der Waals surface area contributed by atoms with E-state index in [-0.39, 0.29) is 30.1 Å². The van der Waals surface area contributed by atoms with Crippen molar-refractivity contribution in [3.63, 3.8) is 0 Å². The number of nitrogens with two attached hydrogens (primary N) is 1. The normalized spacial score (nSPS) is 21.8. The van der Waals surface area contributed by atoms with Gasteiger partial charge in [0.2, 0.25) is 0 Å². The molecule has 1 aliphatic heterocycles. The highest BCUT2D eigenvalue weighted by Gasteiger charge is 2.23. The van der Waals surface area contributed by atoms with Crippen LogP contribution in [0.25, 0.3) is 0 Å². The van der Waals surface area contributed by atoms with Crippen molar-refractivity contribution in [2.45, 2.75) is 32.4 Å². The smallest absolute Gasteiger partial charge is 0.127 e. The Balaban J connectivity index is 0.00000180. The average molecular weight is 291 g/mol. The van der Waals surface area contributed by atoms with E-state index in [1.165, 1.54) is 12.1 Å². The number of benzene rings is 1. The lowest BCUT2D eigenvalue weighted by Gasteiger charge is -2.34. The molecule has 0 spiro atoms. The van der Waals surface area contributed by atoms with E-state index in [0.29, 0.717) is 18.0 Å². The molecule has 0 radical (unpaired) electrons. The van der Waals surface area contributed by atoms with Gasteiger partial charge in [-0.05, 0) is 50.4 Å². The topological polar surface area (TPSA) is 29.3 Å². The van der Waals surface area contributed by atoms with Gasteiger partial charge in [0.05, 0.1) is 0 Å². The highest BCUT2D eigenvalue weighted by Crippen LogP contribution is 2.21. The zero-order chi connectivity index (χ0) is 13.1. The minimum Gasteiger partial charge on any atom is -0.328 e. The van der Waals surface area contributed by atoms with Gasteiger partial charge in [-0.25, -0.2) is 8.78 Å². The molecule has 1 heterocycles. The summed E-state index contributed by atoms with van der Waals surface area (Å²) in [5, 5.41) is 0. The van der Waals surface area contributed by atoms with Gasteiger partial charge in [-0.3, -0.25) is 4.90 Å². The van der Waals surface area contributed by atoms with Crippen LogP contribution in [0, 0.1) is 17.6 Å². The third-order valence-corrected chi connectivity index (χ3v) is 3.69. The molecule has 1 aromatic rings. The van der Waals surface area contributed by atoms with Crippen molar-refractivity contribution in [1.82, 2.24) is 4.90 Å². The number of rotatable bonds is 3. The SMILES string of the molecule is CC(N)C1CCCN(Cc2cc(F)ccc2F)C1.Cl. The lowest BCUT2D eigenvalue weighted by molar-refractivity contribution is 0.153. The van der Waals surface area contributed by atoms with Crippen molar-refractivity contribution in [3.8, 4) is 0 Å². The molecule has 2 rings (SSSR count). The molecule has 5 heteroatoms. The van der Waals surface area contributed by atoms with E-state index >= 15 is 0 Å². The molecule has 19 heavy (non-hydrogen) atoms. The fraction of sp³-hybridized carbons (Fsp3) is 0.571. The van der Waals surface area contributed by atoms with Crippen molar-refractivity contribution < 1.29 is 8.78 Å². The fourth-order valence-electron chi connectivity index (χ4n) is 2.57. The zero-order valence-corrected chi connectivity index (χ0v) is 11.9. The van der Waals surface area contributed by atoms with Crippen LogP contribution in [0.5, 0.6) is 0 Å². The lowest BCUT2D eigenvalue weighted by Crippen LogP contribution is -2.42. The number of nitrogens with zero attached hydrogens (tertiary/aromatic N) is 1. The Labute approximate surface area is 119 Å². The molecule has 0 amide bonds. The first-order chi connectivity index (χ1) is 8.56. The van der Waals surface area contributed by atoms with E-state index < -0.39 is 0 Å². The molecule has 1 aromatic carbocycles. The van der Waals surface area contributed by atoms with Crippen molar-refractivity contribution in [1.29, 1.82) is 0 Å². The van der Waals surface area contributed by atoms with E-state index in [4.69, 9.17) is 5.73 Å². The molecule has 2 N–H and O–H groups in total. The number of piperidine rings is 1. The van der Waals surface area contributed by atoms with Crippen molar-refractivity contribution >= 4 is 12.4 Å². The van der Waals surface area contributed by atoms with Crippen molar-refractivity contribution in [3.05, 3.63) is 35.4 Å². The van der Waals surface area contributed by atoms with Crippen LogP contribution in [0.4, 0.5) is 8.78 Å². The van der Waals surface area contributed by atoms with Crippen LogP contribution < -0.4 is 5.73 Å². The maximum Gasteiger partial charge on any atom is 0.127 e. The molecule has 2 unspecified atom stereocenters. The van der Waals surface area contributed by atoms with Gasteiger partial charge in [-0.2, -0.15) is 0 Å². The van der Waals surface area contributed by atoms with E-state index in [1.54, 1.807) is 0 Å². The Kier molecular flexibility index (Phi) is 6.17. The minimum atomic E-state index is -0.382. The molecule has 0 aliphatic carbocycles. The first-order valence-corrected chi connectivity index (χ1v) is 6.48. The molecule has 2 atom stereocenters. The summed E-state index contributed by atoms with van der Waals surface area (Å²) in [6.07, 6.45) is 2.20. The quantitative estimate of drug-likeness (QED) is 0.927. The summed E-state index contributed by atoms with van der Waals surface area (Å²) < 4.78 is 26.7. The Bertz CT molecular complexity index is 412. The molecule has 1 aliphatic rings. The molecule has 0 saturated carbocycles. The molecule has 1 fully saturated rings. The van der Waals surface area contributed by atoms with Gasteiger partial charge in [-0.15, -0.1) is 12.4 Å². The van der Waals surface area contributed by atoms with E-state index in [2.05, 4.69) is 4.90 Å². The Morgan fingerprint density at radius 1 is 1.42 bits per heavy atom. The third-order valence-electron chi connectivity index (χ3n) is 3.69. The van der Waals surface area contributed by atoms with Gasteiger partial charge in [0.25, 0.3) is 0 Å². The summed E-state index contributed by atoms with van der Waals surface area (Å²) in [4.78, 5) is 2.16. The van der Waals surface area contributed by atoms with Gasteiger partial charge >= 0.3 is 0 Å². The summed E-state index contributed by atoms with van der Waals surface area (Å²) in [7, 11) is 0. The van der Waals surface area contributed by atoms with Gasteiger partial charge in [0, 0.05) is 24.7 Å². The summed E-state index contributed by atoms with van der Waals surface area (Å²) in [6.45, 7) is 4.27. The predicted octanol–water partition coefficient (Wildman–Crippen LogP) is 2.95. The van der Waals surface area contributed by atoms with Crippen molar-refractivity contribution in [2.24, 2.45) is 11.7 Å². The van der Waals surface area contributed by atoms with Crippen LogP contribution in [0.15, 0.2) is 18.2 Å². The largest absolute Gasteiger partial charge is 0.328 e. The van der Waals surface area contributed by atoms with Crippen LogP contribution in [-0.4, -0.2) is 24.0 Å². The Hall–Kier alpha value is -0.710. The summed E-state index contributed by atoms with van der Waals surface area (Å²) in [6, 6.07) is 3.78. The molecular formula is C14H21ClF2N2. The van der Waals surface area contributed by atoms with Crippen LogP contribution >= 0.6 is 12.4 Å². The average Bonchev–Trinajstić information content (AvgIpc) is 2.34. The molecule has 0 bridgehead atoms.